The molecule has 0 fully saturated rings. The van der Waals surface area contributed by atoms with Crippen LogP contribution in [0.3, 0.4) is 0 Å². The van der Waals surface area contributed by atoms with Gasteiger partial charge in [-0.3, -0.25) is 0 Å². The van der Waals surface area contributed by atoms with Crippen LogP contribution < -0.4 is 15.0 Å². The Hall–Kier alpha value is -1.91. The van der Waals surface area contributed by atoms with Crippen molar-refractivity contribution in [3.8, 4) is 5.75 Å². The van der Waals surface area contributed by atoms with Gasteiger partial charge in [0.25, 0.3) is 0 Å². The zero-order chi connectivity index (χ0) is 15.9. The summed E-state index contributed by atoms with van der Waals surface area (Å²) in [6.45, 7) is 0.699. The Morgan fingerprint density at radius 2 is 2.00 bits per heavy atom. The highest BCUT2D eigenvalue weighted by atomic mass is 35.5. The second-order valence-electron chi connectivity index (χ2n) is 5.10. The zero-order valence-corrected chi connectivity index (χ0v) is 13.5. The van der Waals surface area contributed by atoms with Crippen molar-refractivity contribution in [1.82, 2.24) is 0 Å². The number of nitrogens with one attached hydrogen (secondary N) is 1. The predicted octanol–water partition coefficient (Wildman–Crippen LogP) is 3.26. The van der Waals surface area contributed by atoms with Gasteiger partial charge in [-0.05, 0) is 30.3 Å². The van der Waals surface area contributed by atoms with Gasteiger partial charge in [-0.1, -0.05) is 23.7 Å². The summed E-state index contributed by atoms with van der Waals surface area (Å²) in [6, 6.07) is 15.2. The zero-order valence-electron chi connectivity index (χ0n) is 12.8. The van der Waals surface area contributed by atoms with E-state index in [9.17, 15) is 5.11 Å². The molecule has 2 aromatic rings. The number of hydrogen-bond donors (Lipinski definition) is 2. The first kappa shape index (κ1) is 16.5. The molecular formula is C17H21ClN2O2. The van der Waals surface area contributed by atoms with Crippen LogP contribution >= 0.6 is 11.6 Å². The number of aliphatic hydroxyl groups is 1. The van der Waals surface area contributed by atoms with E-state index in [4.69, 9.17) is 16.3 Å². The summed E-state index contributed by atoms with van der Waals surface area (Å²) in [6.07, 6.45) is -0.595. The molecule has 0 aliphatic rings. The molecule has 1 unspecified atom stereocenters. The van der Waals surface area contributed by atoms with Gasteiger partial charge in [0.1, 0.15) is 18.5 Å². The van der Waals surface area contributed by atoms with Crippen molar-refractivity contribution in [3.05, 3.63) is 53.6 Å². The Morgan fingerprint density at radius 3 is 2.73 bits per heavy atom. The lowest BCUT2D eigenvalue weighted by molar-refractivity contribution is 0.113. The Balaban J connectivity index is 1.85. The second kappa shape index (κ2) is 7.92. The molecule has 4 nitrogen and oxygen atoms in total. The third kappa shape index (κ3) is 4.83. The fourth-order valence-electron chi connectivity index (χ4n) is 2.12. The van der Waals surface area contributed by atoms with Crippen LogP contribution in [0.1, 0.15) is 0 Å². The molecule has 0 spiro atoms. The van der Waals surface area contributed by atoms with Gasteiger partial charge < -0.3 is 20.1 Å². The smallest absolute Gasteiger partial charge is 0.121 e. The molecule has 22 heavy (non-hydrogen) atoms. The van der Waals surface area contributed by atoms with Crippen molar-refractivity contribution in [1.29, 1.82) is 0 Å². The first-order chi connectivity index (χ1) is 10.6. The average Bonchev–Trinajstić information content (AvgIpc) is 2.53. The van der Waals surface area contributed by atoms with Crippen molar-refractivity contribution in [2.75, 3.05) is 37.5 Å². The number of rotatable bonds is 7. The van der Waals surface area contributed by atoms with Crippen molar-refractivity contribution in [2.24, 2.45) is 0 Å². The van der Waals surface area contributed by atoms with Crippen molar-refractivity contribution in [2.45, 2.75) is 6.10 Å². The Kier molecular flexibility index (Phi) is 5.92. The molecule has 118 valence electrons. The van der Waals surface area contributed by atoms with E-state index in [0.717, 1.165) is 17.1 Å². The van der Waals surface area contributed by atoms with Crippen LogP contribution in [-0.4, -0.2) is 38.5 Å². The van der Waals surface area contributed by atoms with Crippen LogP contribution in [0.25, 0.3) is 0 Å². The lowest BCUT2D eigenvalue weighted by Gasteiger charge is -2.23. The standard InChI is InChI=1S/C17H21ClN2O2/c1-19-14-6-4-8-17(10-14)22-12-16(21)11-20(2)15-7-3-5-13(18)9-15/h3-10,16,19,21H,11-12H2,1-2H3. The molecule has 0 aromatic heterocycles. The van der Waals surface area contributed by atoms with E-state index in [0.29, 0.717) is 11.6 Å². The van der Waals surface area contributed by atoms with Gasteiger partial charge in [0.15, 0.2) is 0 Å². The number of nitrogens with zero attached hydrogens (tertiary/aromatic N) is 1. The molecule has 0 saturated heterocycles. The Labute approximate surface area is 136 Å². The van der Waals surface area contributed by atoms with E-state index >= 15 is 0 Å². The summed E-state index contributed by atoms with van der Waals surface area (Å²) in [4.78, 5) is 1.95. The molecule has 2 rings (SSSR count). The number of anilines is 2. The van der Waals surface area contributed by atoms with E-state index in [2.05, 4.69) is 5.32 Å². The van der Waals surface area contributed by atoms with Gasteiger partial charge in [-0.25, -0.2) is 0 Å². The highest BCUT2D eigenvalue weighted by Gasteiger charge is 2.10. The number of ether oxygens (including phenoxy) is 1. The third-order valence-corrected chi connectivity index (χ3v) is 3.53. The summed E-state index contributed by atoms with van der Waals surface area (Å²) in [5.41, 5.74) is 1.94. The fraction of sp³-hybridized carbons (Fsp3) is 0.294. The number of hydrogen-bond acceptors (Lipinski definition) is 4. The maximum atomic E-state index is 10.1. The van der Waals surface area contributed by atoms with Gasteiger partial charge in [-0.15, -0.1) is 0 Å². The van der Waals surface area contributed by atoms with Crippen molar-refractivity contribution < 1.29 is 9.84 Å². The highest BCUT2D eigenvalue weighted by Crippen LogP contribution is 2.19. The van der Waals surface area contributed by atoms with Gasteiger partial charge in [-0.2, -0.15) is 0 Å². The van der Waals surface area contributed by atoms with Crippen LogP contribution in [0.4, 0.5) is 11.4 Å². The lowest BCUT2D eigenvalue weighted by atomic mass is 10.2. The maximum Gasteiger partial charge on any atom is 0.121 e. The van der Waals surface area contributed by atoms with Gasteiger partial charge in [0.2, 0.25) is 0 Å². The monoisotopic (exact) mass is 320 g/mol. The van der Waals surface area contributed by atoms with E-state index < -0.39 is 6.10 Å². The topological polar surface area (TPSA) is 44.7 Å². The fourth-order valence-corrected chi connectivity index (χ4v) is 2.31. The Morgan fingerprint density at radius 1 is 1.23 bits per heavy atom. The summed E-state index contributed by atoms with van der Waals surface area (Å²) in [5, 5.41) is 13.9. The summed E-state index contributed by atoms with van der Waals surface area (Å²) in [5.74, 6) is 0.733. The largest absolute Gasteiger partial charge is 0.491 e. The quantitative estimate of drug-likeness (QED) is 0.822. The molecule has 1 atom stereocenters. The SMILES string of the molecule is CNc1cccc(OCC(O)CN(C)c2cccc(Cl)c2)c1. The molecule has 0 saturated carbocycles. The number of halogens is 1. The molecule has 0 heterocycles. The summed E-state index contributed by atoms with van der Waals surface area (Å²) < 4.78 is 5.63. The van der Waals surface area contributed by atoms with Crippen molar-refractivity contribution >= 4 is 23.0 Å². The first-order valence-corrected chi connectivity index (χ1v) is 7.51. The highest BCUT2D eigenvalue weighted by molar-refractivity contribution is 6.30. The Bertz CT molecular complexity index is 607. The maximum absolute atomic E-state index is 10.1. The van der Waals surface area contributed by atoms with E-state index in [1.165, 1.54) is 0 Å². The third-order valence-electron chi connectivity index (χ3n) is 3.30. The average molecular weight is 321 g/mol. The summed E-state index contributed by atoms with van der Waals surface area (Å²) >= 11 is 5.98. The number of aliphatic hydroxyl groups excluding tert-OH is 1. The summed E-state index contributed by atoms with van der Waals surface area (Å²) in [7, 11) is 3.77. The molecular weight excluding hydrogens is 300 g/mol. The second-order valence-corrected chi connectivity index (χ2v) is 5.54. The number of benzene rings is 2. The number of likely N-dealkylation sites (N-methyl/N-ethyl adjacent to an activating group) is 1. The van der Waals surface area contributed by atoms with E-state index in [1.807, 2.05) is 67.5 Å². The van der Waals surface area contributed by atoms with Crippen LogP contribution in [0.5, 0.6) is 5.75 Å². The molecule has 5 heteroatoms. The molecule has 2 N–H and O–H groups in total. The van der Waals surface area contributed by atoms with Gasteiger partial charge >= 0.3 is 0 Å². The molecule has 0 aliphatic heterocycles. The normalized spacial score (nSPS) is 11.8. The van der Waals surface area contributed by atoms with Crippen LogP contribution in [0.2, 0.25) is 5.02 Å². The van der Waals surface area contributed by atoms with Gasteiger partial charge in [0.05, 0.1) is 0 Å². The predicted molar refractivity (Wildman–Crippen MR) is 92.2 cm³/mol. The van der Waals surface area contributed by atoms with Gasteiger partial charge in [0, 0.05) is 43.1 Å². The molecule has 2 aromatic carbocycles. The molecule has 0 bridgehead atoms. The van der Waals surface area contributed by atoms with Crippen LogP contribution in [0.15, 0.2) is 48.5 Å². The minimum Gasteiger partial charge on any atom is -0.491 e. The van der Waals surface area contributed by atoms with Crippen LogP contribution in [-0.2, 0) is 0 Å². The van der Waals surface area contributed by atoms with E-state index in [1.54, 1.807) is 0 Å². The molecule has 0 aliphatic carbocycles. The van der Waals surface area contributed by atoms with Crippen LogP contribution in [0, 0.1) is 0 Å². The minimum absolute atomic E-state index is 0.234. The lowest BCUT2D eigenvalue weighted by Crippen LogP contribution is -2.33. The molecule has 0 radical (unpaired) electrons. The molecule has 0 amide bonds. The first-order valence-electron chi connectivity index (χ1n) is 7.14. The van der Waals surface area contributed by atoms with E-state index in [-0.39, 0.29) is 6.61 Å². The minimum atomic E-state index is -0.595. The van der Waals surface area contributed by atoms with Crippen molar-refractivity contribution in [3.63, 3.8) is 0 Å².